The first-order valence-electron chi connectivity index (χ1n) is 5.88. The predicted octanol–water partition coefficient (Wildman–Crippen LogP) is 4.67. The van der Waals surface area contributed by atoms with Crippen molar-refractivity contribution >= 4 is 21.6 Å². The average Bonchev–Trinajstić information content (AvgIpc) is 2.61. The predicted molar refractivity (Wildman–Crippen MR) is 74.3 cm³/mol. The van der Waals surface area contributed by atoms with Crippen LogP contribution in [-0.4, -0.2) is 9.97 Å². The van der Waals surface area contributed by atoms with E-state index < -0.39 is 0 Å². The molecule has 2 aromatic rings. The van der Waals surface area contributed by atoms with Gasteiger partial charge in [-0.05, 0) is 26.3 Å². The molecule has 16 heavy (non-hydrogen) atoms. The summed E-state index contributed by atoms with van der Waals surface area (Å²) in [6.07, 6.45) is 1.91. The number of hydrogen-bond acceptors (Lipinski definition) is 3. The van der Waals surface area contributed by atoms with E-state index in [4.69, 9.17) is 0 Å². The van der Waals surface area contributed by atoms with E-state index in [0.717, 1.165) is 11.3 Å². The van der Waals surface area contributed by atoms with Crippen molar-refractivity contribution in [3.8, 4) is 0 Å². The van der Waals surface area contributed by atoms with Crippen molar-refractivity contribution < 1.29 is 0 Å². The van der Waals surface area contributed by atoms with Crippen LogP contribution in [0.1, 0.15) is 44.0 Å². The molecule has 2 rings (SSSR count). The first-order valence-corrected chi connectivity index (χ1v) is 6.69. The van der Waals surface area contributed by atoms with Crippen LogP contribution in [0.2, 0.25) is 0 Å². The molecule has 2 heterocycles. The third-order valence-electron chi connectivity index (χ3n) is 2.02. The Balaban J connectivity index is 0.000000509. The van der Waals surface area contributed by atoms with Crippen LogP contribution < -0.4 is 0 Å². The van der Waals surface area contributed by atoms with E-state index in [1.54, 1.807) is 11.3 Å². The van der Waals surface area contributed by atoms with Gasteiger partial charge in [0.25, 0.3) is 0 Å². The minimum atomic E-state index is 0.850. The maximum atomic E-state index is 4.40. The third kappa shape index (κ3) is 3.27. The van der Waals surface area contributed by atoms with Crippen molar-refractivity contribution in [2.45, 2.75) is 48.5 Å². The summed E-state index contributed by atoms with van der Waals surface area (Å²) in [6, 6.07) is 0. The molecule has 3 heteroatoms. The lowest BCUT2D eigenvalue weighted by Gasteiger charge is -1.92. The van der Waals surface area contributed by atoms with Gasteiger partial charge in [0.2, 0.25) is 0 Å². The minimum absolute atomic E-state index is 0.850. The van der Waals surface area contributed by atoms with Crippen molar-refractivity contribution in [3.05, 3.63) is 22.5 Å². The fourth-order valence-corrected chi connectivity index (χ4v) is 2.19. The summed E-state index contributed by atoms with van der Waals surface area (Å²) in [4.78, 5) is 9.89. The molecule has 0 radical (unpaired) electrons. The lowest BCUT2D eigenvalue weighted by molar-refractivity contribution is 1.09. The van der Waals surface area contributed by atoms with Crippen molar-refractivity contribution in [2.75, 3.05) is 0 Å². The zero-order valence-electron chi connectivity index (χ0n) is 11.4. The number of thiophene rings is 1. The summed E-state index contributed by atoms with van der Waals surface area (Å²) in [6.45, 7) is 14.2. The summed E-state index contributed by atoms with van der Waals surface area (Å²) in [5.74, 6) is 0.850. The first kappa shape index (κ1) is 15.0. The largest absolute Gasteiger partial charge is 0.240 e. The number of aryl methyl sites for hydroxylation is 3. The van der Waals surface area contributed by atoms with Gasteiger partial charge in [-0.3, -0.25) is 0 Å². The molecule has 90 valence electrons. The summed E-state index contributed by atoms with van der Waals surface area (Å²) in [5, 5.41) is 0. The van der Waals surface area contributed by atoms with Gasteiger partial charge >= 0.3 is 0 Å². The van der Waals surface area contributed by atoms with Crippen LogP contribution >= 0.6 is 11.3 Å². The van der Waals surface area contributed by atoms with E-state index in [1.165, 1.54) is 15.1 Å². The van der Waals surface area contributed by atoms with Crippen LogP contribution in [0, 0.1) is 20.8 Å². The molecule has 0 spiro atoms. The van der Waals surface area contributed by atoms with Crippen molar-refractivity contribution in [2.24, 2.45) is 0 Å². The van der Waals surface area contributed by atoms with E-state index in [0.29, 0.717) is 0 Å². The standard InChI is InChI=1S/C9H10N2S.2C2H6/c1-5-6(2)12-8-4-10-7(3)11-9(5)8;2*1-2/h4H,1-3H3;2*1-2H3. The molecule has 0 saturated heterocycles. The quantitative estimate of drug-likeness (QED) is 0.666. The second-order valence-corrected chi connectivity index (χ2v) is 4.17. The molecule has 0 aliphatic heterocycles. The number of fused-ring (bicyclic) bond motifs is 1. The normalized spacial score (nSPS) is 8.94. The molecule has 2 nitrogen and oxygen atoms in total. The maximum absolute atomic E-state index is 4.40. The van der Waals surface area contributed by atoms with E-state index >= 15 is 0 Å². The molecule has 2 aromatic heterocycles. The average molecular weight is 238 g/mol. The highest BCUT2D eigenvalue weighted by atomic mass is 32.1. The van der Waals surface area contributed by atoms with Crippen molar-refractivity contribution in [3.63, 3.8) is 0 Å². The second kappa shape index (κ2) is 7.34. The fraction of sp³-hybridized carbons (Fsp3) is 0.538. The lowest BCUT2D eigenvalue weighted by Crippen LogP contribution is -1.85. The SMILES string of the molecule is CC.CC.Cc1ncc2sc(C)c(C)c2n1. The van der Waals surface area contributed by atoms with E-state index in [-0.39, 0.29) is 0 Å². The molecule has 0 aromatic carbocycles. The van der Waals surface area contributed by atoms with E-state index in [1.807, 2.05) is 40.8 Å². The molecule has 0 fully saturated rings. The third-order valence-corrected chi connectivity index (χ3v) is 3.15. The van der Waals surface area contributed by atoms with Crippen LogP contribution in [-0.2, 0) is 0 Å². The van der Waals surface area contributed by atoms with Gasteiger partial charge in [-0.2, -0.15) is 0 Å². The topological polar surface area (TPSA) is 25.8 Å². The molecule has 0 N–H and O–H groups in total. The molecule has 0 amide bonds. The zero-order chi connectivity index (χ0) is 12.7. The summed E-state index contributed by atoms with van der Waals surface area (Å²) < 4.78 is 1.19. The lowest BCUT2D eigenvalue weighted by atomic mass is 10.2. The van der Waals surface area contributed by atoms with E-state index in [9.17, 15) is 0 Å². The minimum Gasteiger partial charge on any atom is -0.240 e. The van der Waals surface area contributed by atoms with Crippen LogP contribution in [0.4, 0.5) is 0 Å². The Hall–Kier alpha value is -0.960. The maximum Gasteiger partial charge on any atom is 0.125 e. The Morgan fingerprint density at radius 2 is 1.56 bits per heavy atom. The molecule has 0 aliphatic rings. The van der Waals surface area contributed by atoms with Gasteiger partial charge in [0.1, 0.15) is 5.82 Å². The Bertz CT molecular complexity index is 433. The Kier molecular flexibility index (Phi) is 6.90. The van der Waals surface area contributed by atoms with Gasteiger partial charge in [-0.15, -0.1) is 11.3 Å². The zero-order valence-corrected chi connectivity index (χ0v) is 12.2. The van der Waals surface area contributed by atoms with Crippen LogP contribution in [0.25, 0.3) is 10.2 Å². The summed E-state index contributed by atoms with van der Waals surface area (Å²) in [7, 11) is 0. The Morgan fingerprint density at radius 1 is 1.00 bits per heavy atom. The Labute approximate surface area is 103 Å². The highest BCUT2D eigenvalue weighted by molar-refractivity contribution is 7.19. The van der Waals surface area contributed by atoms with Crippen LogP contribution in [0.15, 0.2) is 6.20 Å². The van der Waals surface area contributed by atoms with Crippen LogP contribution in [0.3, 0.4) is 0 Å². The number of rotatable bonds is 0. The highest BCUT2D eigenvalue weighted by Crippen LogP contribution is 2.27. The number of hydrogen-bond donors (Lipinski definition) is 0. The molecular weight excluding hydrogens is 216 g/mol. The fourth-order valence-electron chi connectivity index (χ4n) is 1.21. The number of nitrogens with zero attached hydrogens (tertiary/aromatic N) is 2. The van der Waals surface area contributed by atoms with Gasteiger partial charge in [-0.1, -0.05) is 27.7 Å². The highest BCUT2D eigenvalue weighted by Gasteiger charge is 2.05. The van der Waals surface area contributed by atoms with Gasteiger partial charge in [-0.25, -0.2) is 9.97 Å². The van der Waals surface area contributed by atoms with E-state index in [2.05, 4.69) is 23.8 Å². The number of aromatic nitrogens is 2. The van der Waals surface area contributed by atoms with Crippen molar-refractivity contribution in [1.82, 2.24) is 9.97 Å². The molecule has 0 atom stereocenters. The monoisotopic (exact) mass is 238 g/mol. The molecule has 0 unspecified atom stereocenters. The molecular formula is C13H22N2S. The summed E-state index contributed by atoms with van der Waals surface area (Å²) >= 11 is 1.76. The first-order chi connectivity index (χ1) is 7.68. The summed E-state index contributed by atoms with van der Waals surface area (Å²) in [5.41, 5.74) is 2.41. The van der Waals surface area contributed by atoms with Gasteiger partial charge in [0, 0.05) is 11.1 Å². The van der Waals surface area contributed by atoms with Gasteiger partial charge < -0.3 is 0 Å². The molecule has 0 aliphatic carbocycles. The van der Waals surface area contributed by atoms with Crippen LogP contribution in [0.5, 0.6) is 0 Å². The van der Waals surface area contributed by atoms with Gasteiger partial charge in [0.05, 0.1) is 10.2 Å². The Morgan fingerprint density at radius 3 is 2.12 bits per heavy atom. The van der Waals surface area contributed by atoms with Gasteiger partial charge in [0.15, 0.2) is 0 Å². The molecule has 0 saturated carbocycles. The second-order valence-electron chi connectivity index (χ2n) is 2.91. The smallest absolute Gasteiger partial charge is 0.125 e. The molecule has 0 bridgehead atoms. The van der Waals surface area contributed by atoms with Crippen molar-refractivity contribution in [1.29, 1.82) is 0 Å².